The molecule has 0 aromatic rings. The van der Waals surface area contributed by atoms with Gasteiger partial charge in [-0.25, -0.2) is 14.4 Å². The van der Waals surface area contributed by atoms with E-state index < -0.39 is 18.0 Å². The van der Waals surface area contributed by atoms with Gasteiger partial charge in [-0.2, -0.15) is 0 Å². The summed E-state index contributed by atoms with van der Waals surface area (Å²) in [6.07, 6.45) is 0.405. The van der Waals surface area contributed by atoms with Gasteiger partial charge >= 0.3 is 18.0 Å². The standard InChI is InChI=1S/C8H7NO6/c10-6(11)4-1-5(7(12)13)3-9(2-4)8(14)15/h1-2H,3H2,(H,10,11)(H,12,13)(H,14,15). The first-order valence-electron chi connectivity index (χ1n) is 3.80. The largest absolute Gasteiger partial charge is 0.478 e. The van der Waals surface area contributed by atoms with Gasteiger partial charge in [-0.1, -0.05) is 0 Å². The molecule has 0 bridgehead atoms. The van der Waals surface area contributed by atoms with Crippen molar-refractivity contribution in [2.75, 3.05) is 6.54 Å². The fraction of sp³-hybridized carbons (Fsp3) is 0.125. The summed E-state index contributed by atoms with van der Waals surface area (Å²) in [6, 6.07) is 0. The van der Waals surface area contributed by atoms with Crippen molar-refractivity contribution in [2.24, 2.45) is 0 Å². The number of rotatable bonds is 2. The first kappa shape index (κ1) is 10.8. The third-order valence-electron chi connectivity index (χ3n) is 1.73. The topological polar surface area (TPSA) is 115 Å². The Bertz CT molecular complexity index is 394. The summed E-state index contributed by atoms with van der Waals surface area (Å²) >= 11 is 0. The van der Waals surface area contributed by atoms with Gasteiger partial charge in [0.25, 0.3) is 0 Å². The monoisotopic (exact) mass is 213 g/mol. The molecule has 0 aliphatic carbocycles. The minimum absolute atomic E-state index is 0.280. The molecule has 0 saturated carbocycles. The number of hydrogen-bond acceptors (Lipinski definition) is 3. The van der Waals surface area contributed by atoms with Crippen LogP contribution in [0.1, 0.15) is 0 Å². The van der Waals surface area contributed by atoms with Gasteiger partial charge in [0.15, 0.2) is 0 Å². The molecule has 3 N–H and O–H groups in total. The highest BCUT2D eigenvalue weighted by atomic mass is 16.4. The Morgan fingerprint density at radius 2 is 1.73 bits per heavy atom. The maximum absolute atomic E-state index is 10.6. The third kappa shape index (κ3) is 2.33. The van der Waals surface area contributed by atoms with E-state index in [1.165, 1.54) is 0 Å². The first-order chi connectivity index (χ1) is 6.91. The lowest BCUT2D eigenvalue weighted by Gasteiger charge is -2.19. The summed E-state index contributed by atoms with van der Waals surface area (Å²) in [5, 5.41) is 25.8. The van der Waals surface area contributed by atoms with Crippen LogP contribution in [0, 0.1) is 0 Å². The highest BCUT2D eigenvalue weighted by Gasteiger charge is 2.23. The fourth-order valence-electron chi connectivity index (χ4n) is 1.04. The van der Waals surface area contributed by atoms with E-state index >= 15 is 0 Å². The molecule has 1 aliphatic heterocycles. The van der Waals surface area contributed by atoms with Crippen molar-refractivity contribution in [3.05, 3.63) is 23.4 Å². The van der Waals surface area contributed by atoms with Crippen molar-refractivity contribution in [3.8, 4) is 0 Å². The molecule has 80 valence electrons. The summed E-state index contributed by atoms with van der Waals surface area (Å²) in [5.74, 6) is -2.71. The molecule has 7 heteroatoms. The number of carbonyl (C=O) groups is 3. The Morgan fingerprint density at radius 1 is 1.13 bits per heavy atom. The second-order valence-corrected chi connectivity index (χ2v) is 2.77. The van der Waals surface area contributed by atoms with Gasteiger partial charge in [-0.3, -0.25) is 4.90 Å². The number of carboxylic acid groups (broad SMARTS) is 3. The lowest BCUT2D eigenvalue weighted by atomic mass is 10.1. The van der Waals surface area contributed by atoms with Gasteiger partial charge in [0, 0.05) is 6.20 Å². The minimum Gasteiger partial charge on any atom is -0.478 e. The van der Waals surface area contributed by atoms with Crippen molar-refractivity contribution in [1.29, 1.82) is 0 Å². The molecular formula is C8H7NO6. The van der Waals surface area contributed by atoms with Gasteiger partial charge in [-0.15, -0.1) is 0 Å². The average Bonchev–Trinajstić information content (AvgIpc) is 2.16. The van der Waals surface area contributed by atoms with E-state index in [0.29, 0.717) is 4.90 Å². The zero-order valence-corrected chi connectivity index (χ0v) is 7.38. The molecule has 7 nitrogen and oxygen atoms in total. The SMILES string of the molecule is O=C(O)C1=CN(C(=O)O)CC(C(=O)O)=C1. The maximum Gasteiger partial charge on any atom is 0.411 e. The van der Waals surface area contributed by atoms with Crippen LogP contribution in [-0.2, 0) is 9.59 Å². The van der Waals surface area contributed by atoms with E-state index in [4.69, 9.17) is 15.3 Å². The van der Waals surface area contributed by atoms with E-state index in [1.54, 1.807) is 0 Å². The zero-order chi connectivity index (χ0) is 11.6. The molecule has 0 spiro atoms. The predicted octanol–water partition coefficient (Wildman–Crippen LogP) is -0.0405. The Morgan fingerprint density at radius 3 is 2.13 bits per heavy atom. The Kier molecular flexibility index (Phi) is 2.75. The lowest BCUT2D eigenvalue weighted by molar-refractivity contribution is -0.132. The quantitative estimate of drug-likeness (QED) is 0.592. The molecule has 0 atom stereocenters. The smallest absolute Gasteiger partial charge is 0.411 e. The van der Waals surface area contributed by atoms with E-state index in [2.05, 4.69) is 0 Å². The van der Waals surface area contributed by atoms with Crippen molar-refractivity contribution in [2.45, 2.75) is 0 Å². The van der Waals surface area contributed by atoms with Crippen molar-refractivity contribution < 1.29 is 29.7 Å². The van der Waals surface area contributed by atoms with Crippen LogP contribution in [0.3, 0.4) is 0 Å². The van der Waals surface area contributed by atoms with E-state index in [0.717, 1.165) is 12.3 Å². The molecule has 15 heavy (non-hydrogen) atoms. The summed E-state index contributed by atoms with van der Waals surface area (Å²) in [7, 11) is 0. The molecule has 0 aromatic heterocycles. The van der Waals surface area contributed by atoms with Gasteiger partial charge in [0.05, 0.1) is 17.7 Å². The van der Waals surface area contributed by atoms with Crippen LogP contribution in [0.5, 0.6) is 0 Å². The minimum atomic E-state index is -1.40. The molecule has 1 rings (SSSR count). The number of hydrogen-bond donors (Lipinski definition) is 3. The molecule has 1 aliphatic rings. The lowest BCUT2D eigenvalue weighted by Crippen LogP contribution is -2.31. The van der Waals surface area contributed by atoms with Crippen LogP contribution in [0.4, 0.5) is 4.79 Å². The van der Waals surface area contributed by atoms with Crippen LogP contribution in [0.2, 0.25) is 0 Å². The van der Waals surface area contributed by atoms with Gasteiger partial charge in [-0.05, 0) is 6.08 Å². The van der Waals surface area contributed by atoms with Crippen LogP contribution in [0.15, 0.2) is 23.4 Å². The van der Waals surface area contributed by atoms with Crippen LogP contribution in [-0.4, -0.2) is 44.8 Å². The average molecular weight is 213 g/mol. The Labute approximate surface area is 83.5 Å². The summed E-state index contributed by atoms with van der Waals surface area (Å²) in [4.78, 5) is 32.3. The maximum atomic E-state index is 10.6. The molecule has 0 fully saturated rings. The normalized spacial score (nSPS) is 15.3. The van der Waals surface area contributed by atoms with Crippen LogP contribution < -0.4 is 0 Å². The third-order valence-corrected chi connectivity index (χ3v) is 1.73. The van der Waals surface area contributed by atoms with Crippen LogP contribution in [0.25, 0.3) is 0 Å². The van der Waals surface area contributed by atoms with E-state index in [1.807, 2.05) is 0 Å². The molecular weight excluding hydrogens is 206 g/mol. The molecule has 1 amide bonds. The summed E-state index contributed by atoms with van der Waals surface area (Å²) in [6.45, 7) is -0.360. The van der Waals surface area contributed by atoms with E-state index in [-0.39, 0.29) is 17.7 Å². The highest BCUT2D eigenvalue weighted by molar-refractivity contribution is 5.96. The van der Waals surface area contributed by atoms with Crippen molar-refractivity contribution in [3.63, 3.8) is 0 Å². The number of aliphatic carboxylic acids is 2. The van der Waals surface area contributed by atoms with Crippen molar-refractivity contribution >= 4 is 18.0 Å². The number of carboxylic acids is 2. The number of nitrogens with zero attached hydrogens (tertiary/aromatic N) is 1. The van der Waals surface area contributed by atoms with Gasteiger partial charge < -0.3 is 15.3 Å². The number of amides is 1. The van der Waals surface area contributed by atoms with Crippen LogP contribution >= 0.6 is 0 Å². The Balaban J connectivity index is 3.07. The second-order valence-electron chi connectivity index (χ2n) is 2.77. The fourth-order valence-corrected chi connectivity index (χ4v) is 1.04. The molecule has 0 aromatic carbocycles. The summed E-state index contributed by atoms with van der Waals surface area (Å²) < 4.78 is 0. The molecule has 0 radical (unpaired) electrons. The van der Waals surface area contributed by atoms with Gasteiger partial charge in [0.2, 0.25) is 0 Å². The zero-order valence-electron chi connectivity index (χ0n) is 7.38. The molecule has 0 saturated heterocycles. The predicted molar refractivity (Wildman–Crippen MR) is 46.2 cm³/mol. The van der Waals surface area contributed by atoms with E-state index in [9.17, 15) is 14.4 Å². The first-order valence-corrected chi connectivity index (χ1v) is 3.80. The van der Waals surface area contributed by atoms with Crippen molar-refractivity contribution in [1.82, 2.24) is 4.90 Å². The highest BCUT2D eigenvalue weighted by Crippen LogP contribution is 2.14. The second kappa shape index (κ2) is 3.82. The molecule has 0 unspecified atom stereocenters. The Hall–Kier alpha value is -2.31. The summed E-state index contributed by atoms with van der Waals surface area (Å²) in [5.41, 5.74) is -0.654. The van der Waals surface area contributed by atoms with Gasteiger partial charge in [0.1, 0.15) is 0 Å². The molecule has 1 heterocycles.